The molecule has 2 atom stereocenters. The fourth-order valence-electron chi connectivity index (χ4n) is 9.19. The maximum absolute atomic E-state index is 14.6. The van der Waals surface area contributed by atoms with Crippen LogP contribution >= 0.6 is 11.3 Å². The van der Waals surface area contributed by atoms with Crippen LogP contribution in [-0.2, 0) is 24.2 Å². The topological polar surface area (TPSA) is 124 Å². The Morgan fingerprint density at radius 1 is 1.00 bits per heavy atom. The number of anilines is 3. The van der Waals surface area contributed by atoms with Crippen molar-refractivity contribution in [1.29, 1.82) is 0 Å². The van der Waals surface area contributed by atoms with Crippen LogP contribution in [0.15, 0.2) is 36.2 Å². The summed E-state index contributed by atoms with van der Waals surface area (Å²) < 4.78 is 31.4. The summed E-state index contributed by atoms with van der Waals surface area (Å²) in [6.45, 7) is 12.5. The van der Waals surface area contributed by atoms with Crippen LogP contribution in [-0.4, -0.2) is 97.3 Å². The van der Waals surface area contributed by atoms with Crippen molar-refractivity contribution >= 4 is 40.7 Å². The Bertz CT molecular complexity index is 1990. The number of thiazole rings is 1. The summed E-state index contributed by atoms with van der Waals surface area (Å²) in [6, 6.07) is 3.80. The van der Waals surface area contributed by atoms with E-state index in [1.165, 1.54) is 23.7 Å². The first-order chi connectivity index (χ1) is 26.0. The van der Waals surface area contributed by atoms with Gasteiger partial charge in [0.15, 0.2) is 5.82 Å². The van der Waals surface area contributed by atoms with Crippen molar-refractivity contribution in [1.82, 2.24) is 34.5 Å². The molecule has 3 aromatic heterocycles. The zero-order chi connectivity index (χ0) is 37.7. The second-order valence-electron chi connectivity index (χ2n) is 15.5. The molecule has 1 amide bonds. The average molecular weight is 760 g/mol. The molecule has 1 aromatic carbocycles. The van der Waals surface area contributed by atoms with E-state index in [-0.39, 0.29) is 23.1 Å². The number of nitrogens with zero attached hydrogens (tertiary/aromatic N) is 9. The van der Waals surface area contributed by atoms with Crippen molar-refractivity contribution in [3.63, 3.8) is 0 Å². The zero-order valence-corrected chi connectivity index (χ0v) is 31.8. The van der Waals surface area contributed by atoms with Gasteiger partial charge in [-0.05, 0) is 61.1 Å². The van der Waals surface area contributed by atoms with Gasteiger partial charge in [-0.3, -0.25) is 14.5 Å². The molecule has 0 aliphatic carbocycles. The van der Waals surface area contributed by atoms with Gasteiger partial charge >= 0.3 is 5.97 Å². The standard InChI is InChI=1S/C39H47F2N9O3S/c1-23-18-48(39-43-15-27(16-44-39)38(52)53)19-24(2)31(23)20-46-10-6-28(7-11-46)50-33-8-12-47(25(3)51)21-32(33)37(45-50)49-9-4-5-26-13-29(35-17-42-22-54-35)30(36(40)41)14-34(26)49/h13-17,22-24,28,31,36H,4-12,18-21H2,1-3H3,(H,52,53). The Kier molecular flexibility index (Phi) is 10.1. The molecule has 4 aromatic rings. The number of hydrogen-bond acceptors (Lipinski definition) is 10. The van der Waals surface area contributed by atoms with Gasteiger partial charge in [0, 0.05) is 106 Å². The molecule has 12 nitrogen and oxygen atoms in total. The molecule has 2 saturated heterocycles. The molecular formula is C39H47F2N9O3S. The highest BCUT2D eigenvalue weighted by atomic mass is 32.1. The number of likely N-dealkylation sites (tertiary alicyclic amines) is 1. The van der Waals surface area contributed by atoms with Crippen molar-refractivity contribution in [2.24, 2.45) is 17.8 Å². The van der Waals surface area contributed by atoms with Gasteiger partial charge in [0.2, 0.25) is 11.9 Å². The molecule has 7 heterocycles. The van der Waals surface area contributed by atoms with E-state index < -0.39 is 12.4 Å². The third-order valence-electron chi connectivity index (χ3n) is 12.1. The number of aromatic nitrogens is 5. The van der Waals surface area contributed by atoms with Gasteiger partial charge < -0.3 is 24.7 Å². The van der Waals surface area contributed by atoms with Crippen LogP contribution in [0.25, 0.3) is 10.4 Å². The summed E-state index contributed by atoms with van der Waals surface area (Å²) in [7, 11) is 0. The molecule has 4 aliphatic rings. The molecule has 0 radical (unpaired) electrons. The third-order valence-corrected chi connectivity index (χ3v) is 12.9. The predicted molar refractivity (Wildman–Crippen MR) is 203 cm³/mol. The first kappa shape index (κ1) is 36.5. The highest BCUT2D eigenvalue weighted by Crippen LogP contribution is 2.44. The van der Waals surface area contributed by atoms with E-state index in [9.17, 15) is 23.5 Å². The van der Waals surface area contributed by atoms with Crippen molar-refractivity contribution in [2.75, 3.05) is 55.6 Å². The fourth-order valence-corrected chi connectivity index (χ4v) is 9.85. The van der Waals surface area contributed by atoms with Crippen molar-refractivity contribution in [2.45, 2.75) is 71.9 Å². The summed E-state index contributed by atoms with van der Waals surface area (Å²) in [6.07, 6.45) is 6.08. The number of amides is 1. The molecule has 286 valence electrons. The molecule has 2 unspecified atom stereocenters. The van der Waals surface area contributed by atoms with E-state index in [0.29, 0.717) is 55.3 Å². The van der Waals surface area contributed by atoms with Crippen molar-refractivity contribution in [3.05, 3.63) is 64.2 Å². The van der Waals surface area contributed by atoms with Crippen LogP contribution in [0.2, 0.25) is 0 Å². The van der Waals surface area contributed by atoms with Gasteiger partial charge in [0.1, 0.15) is 0 Å². The number of carboxylic acids is 1. The maximum Gasteiger partial charge on any atom is 0.338 e. The molecule has 0 bridgehead atoms. The quantitative estimate of drug-likeness (QED) is 0.214. The van der Waals surface area contributed by atoms with Crippen LogP contribution in [0.5, 0.6) is 0 Å². The molecule has 1 N–H and O–H groups in total. The average Bonchev–Trinajstić information content (AvgIpc) is 3.84. The summed E-state index contributed by atoms with van der Waals surface area (Å²) >= 11 is 1.37. The van der Waals surface area contributed by atoms with E-state index in [1.54, 1.807) is 24.7 Å². The van der Waals surface area contributed by atoms with Crippen LogP contribution in [0, 0.1) is 17.8 Å². The minimum absolute atomic E-state index is 0.00738. The number of fused-ring (bicyclic) bond motifs is 2. The van der Waals surface area contributed by atoms with Gasteiger partial charge in [-0.1, -0.05) is 13.8 Å². The van der Waals surface area contributed by atoms with Crippen LogP contribution < -0.4 is 9.80 Å². The fraction of sp³-hybridized carbons (Fsp3) is 0.538. The summed E-state index contributed by atoms with van der Waals surface area (Å²) in [5.74, 6) is 1.70. The summed E-state index contributed by atoms with van der Waals surface area (Å²) in [5, 5.41) is 14.6. The number of piperidine rings is 2. The second-order valence-corrected chi connectivity index (χ2v) is 16.4. The number of aromatic carboxylic acids is 1. The van der Waals surface area contributed by atoms with Gasteiger partial charge in [0.05, 0.1) is 28.5 Å². The Balaban J connectivity index is 1.00. The molecule has 2 fully saturated rings. The SMILES string of the molecule is CC(=O)N1CCc2c(c(N3CCCc4cc(-c5cncs5)c(C(F)F)cc43)nn2C2CCN(CC3C(C)CN(c4ncc(C(=O)O)cn4)CC3C)CC2)C1. The molecule has 0 saturated carbocycles. The van der Waals surface area contributed by atoms with Gasteiger partial charge in [-0.2, -0.15) is 5.10 Å². The van der Waals surface area contributed by atoms with Crippen molar-refractivity contribution < 1.29 is 23.5 Å². The molecule has 8 rings (SSSR count). The number of alkyl halides is 2. The van der Waals surface area contributed by atoms with E-state index in [2.05, 4.69) is 48.2 Å². The lowest BCUT2D eigenvalue weighted by Gasteiger charge is -2.44. The number of hydrogen-bond donors (Lipinski definition) is 1. The number of carbonyl (C=O) groups is 2. The Hall–Kier alpha value is -4.50. The summed E-state index contributed by atoms with van der Waals surface area (Å²) in [5.41, 5.74) is 6.33. The minimum Gasteiger partial charge on any atom is -0.478 e. The second kappa shape index (κ2) is 15.0. The number of carboxylic acid groups (broad SMARTS) is 1. The lowest BCUT2D eigenvalue weighted by molar-refractivity contribution is -0.129. The number of rotatable bonds is 8. The van der Waals surface area contributed by atoms with Crippen LogP contribution in [0.4, 0.5) is 26.2 Å². The predicted octanol–water partition coefficient (Wildman–Crippen LogP) is 6.47. The van der Waals surface area contributed by atoms with E-state index >= 15 is 0 Å². The molecule has 4 aliphatic heterocycles. The van der Waals surface area contributed by atoms with Crippen LogP contribution in [0.3, 0.4) is 0 Å². The molecular weight excluding hydrogens is 713 g/mol. The van der Waals surface area contributed by atoms with Crippen LogP contribution in [0.1, 0.15) is 85.2 Å². The van der Waals surface area contributed by atoms with Gasteiger partial charge in [-0.15, -0.1) is 11.3 Å². The summed E-state index contributed by atoms with van der Waals surface area (Å²) in [4.78, 5) is 46.2. The van der Waals surface area contributed by atoms with Gasteiger partial charge in [0.25, 0.3) is 6.43 Å². The Morgan fingerprint density at radius 2 is 1.74 bits per heavy atom. The molecule has 15 heteroatoms. The smallest absolute Gasteiger partial charge is 0.338 e. The lowest BCUT2D eigenvalue weighted by atomic mass is 9.79. The molecule has 0 spiro atoms. The lowest BCUT2D eigenvalue weighted by Crippen LogP contribution is -2.50. The Labute approximate surface area is 317 Å². The Morgan fingerprint density at radius 3 is 2.39 bits per heavy atom. The minimum atomic E-state index is -2.63. The van der Waals surface area contributed by atoms with E-state index in [4.69, 9.17) is 5.10 Å². The normalized spacial score (nSPS) is 22.4. The maximum atomic E-state index is 14.6. The van der Waals surface area contributed by atoms with Gasteiger partial charge in [-0.25, -0.2) is 23.5 Å². The third kappa shape index (κ3) is 6.96. The molecule has 54 heavy (non-hydrogen) atoms. The monoisotopic (exact) mass is 759 g/mol. The number of benzene rings is 1. The number of carbonyl (C=O) groups excluding carboxylic acids is 1. The first-order valence-corrected chi connectivity index (χ1v) is 19.9. The van der Waals surface area contributed by atoms with E-state index in [1.807, 2.05) is 11.0 Å². The highest BCUT2D eigenvalue weighted by molar-refractivity contribution is 7.13. The first-order valence-electron chi connectivity index (χ1n) is 19.1. The highest BCUT2D eigenvalue weighted by Gasteiger charge is 2.37. The number of aryl methyl sites for hydroxylation is 1. The van der Waals surface area contributed by atoms with Crippen molar-refractivity contribution in [3.8, 4) is 10.4 Å². The van der Waals surface area contributed by atoms with E-state index in [0.717, 1.165) is 91.6 Å². The number of halogens is 2. The zero-order valence-electron chi connectivity index (χ0n) is 31.0. The largest absolute Gasteiger partial charge is 0.478 e.